The van der Waals surface area contributed by atoms with Crippen LogP contribution < -0.4 is 0 Å². The van der Waals surface area contributed by atoms with E-state index in [1.807, 2.05) is 30.7 Å². The maximum Gasteiger partial charge on any atom is 0.490 e. The molecule has 0 radical (unpaired) electrons. The molecule has 1 N–H and O–H groups in total. The molecule has 0 bridgehead atoms. The van der Waals surface area contributed by atoms with Gasteiger partial charge in [0.05, 0.1) is 0 Å². The summed E-state index contributed by atoms with van der Waals surface area (Å²) in [7, 11) is 1.89. The van der Waals surface area contributed by atoms with Crippen molar-refractivity contribution in [2.75, 3.05) is 46.3 Å². The Kier molecular flexibility index (Phi) is 7.19. The predicted octanol–water partition coefficient (Wildman–Crippen LogP) is 1.68. The van der Waals surface area contributed by atoms with E-state index in [4.69, 9.17) is 9.90 Å². The Labute approximate surface area is 168 Å². The summed E-state index contributed by atoms with van der Waals surface area (Å²) in [5, 5.41) is 7.12. The van der Waals surface area contributed by atoms with Gasteiger partial charge in [0.1, 0.15) is 0 Å². The van der Waals surface area contributed by atoms with Crippen LogP contribution in [0.5, 0.6) is 0 Å². The van der Waals surface area contributed by atoms with Gasteiger partial charge in [-0.1, -0.05) is 13.8 Å². The lowest BCUT2D eigenvalue weighted by atomic mass is 9.85. The van der Waals surface area contributed by atoms with Crippen LogP contribution in [0.15, 0.2) is 0 Å². The molecule has 166 valence electrons. The molecule has 1 unspecified atom stereocenters. The third-order valence-corrected chi connectivity index (χ3v) is 5.56. The predicted molar refractivity (Wildman–Crippen MR) is 99.0 cm³/mol. The van der Waals surface area contributed by atoms with E-state index >= 15 is 0 Å². The second kappa shape index (κ2) is 8.89. The van der Waals surface area contributed by atoms with E-state index < -0.39 is 12.1 Å². The molecule has 0 aromatic heterocycles. The fourth-order valence-corrected chi connectivity index (χ4v) is 4.04. The molecule has 10 heteroatoms. The zero-order valence-corrected chi connectivity index (χ0v) is 17.2. The van der Waals surface area contributed by atoms with E-state index in [1.54, 1.807) is 0 Å². The molecule has 2 aliphatic heterocycles. The molecule has 1 saturated carbocycles. The molecule has 2 saturated heterocycles. The molecule has 1 aliphatic carbocycles. The lowest BCUT2D eigenvalue weighted by molar-refractivity contribution is -0.192. The van der Waals surface area contributed by atoms with Crippen LogP contribution in [0.2, 0.25) is 0 Å². The molecule has 3 aliphatic rings. The van der Waals surface area contributed by atoms with Gasteiger partial charge in [-0.25, -0.2) is 4.79 Å². The highest BCUT2D eigenvalue weighted by Gasteiger charge is 2.46. The minimum absolute atomic E-state index is 0.0295. The number of hydrogen-bond donors (Lipinski definition) is 1. The Morgan fingerprint density at radius 2 is 1.76 bits per heavy atom. The number of amides is 2. The Hall–Kier alpha value is -1.84. The average Bonchev–Trinajstić information content (AvgIpc) is 3.37. The van der Waals surface area contributed by atoms with Crippen molar-refractivity contribution >= 4 is 17.8 Å². The molecule has 0 aromatic rings. The van der Waals surface area contributed by atoms with E-state index in [2.05, 4.69) is 4.90 Å². The van der Waals surface area contributed by atoms with Crippen LogP contribution >= 0.6 is 0 Å². The van der Waals surface area contributed by atoms with Crippen LogP contribution in [0, 0.1) is 17.3 Å². The highest BCUT2D eigenvalue weighted by molar-refractivity contribution is 5.80. The van der Waals surface area contributed by atoms with Gasteiger partial charge < -0.3 is 19.8 Å². The molecule has 1 spiro atoms. The lowest BCUT2D eigenvalue weighted by Crippen LogP contribution is -2.45. The molecule has 29 heavy (non-hydrogen) atoms. The number of hydrogen-bond acceptors (Lipinski definition) is 4. The van der Waals surface area contributed by atoms with Crippen molar-refractivity contribution in [3.8, 4) is 0 Å². The first-order valence-corrected chi connectivity index (χ1v) is 9.88. The normalized spacial score (nSPS) is 25.8. The summed E-state index contributed by atoms with van der Waals surface area (Å²) in [6.45, 7) is 9.32. The monoisotopic (exact) mass is 421 g/mol. The van der Waals surface area contributed by atoms with Gasteiger partial charge in [0.2, 0.25) is 11.8 Å². The molecular formula is C19H30F3N3O4. The number of carboxylic acids is 1. The Bertz CT molecular complexity index is 637. The number of nitrogens with zero attached hydrogens (tertiary/aromatic N) is 3. The van der Waals surface area contributed by atoms with Gasteiger partial charge in [-0.05, 0) is 18.8 Å². The largest absolute Gasteiger partial charge is 0.490 e. The first kappa shape index (κ1) is 23.4. The maximum absolute atomic E-state index is 12.5. The molecule has 3 fully saturated rings. The molecular weight excluding hydrogens is 391 g/mol. The number of halogens is 3. The van der Waals surface area contributed by atoms with Gasteiger partial charge in [0, 0.05) is 64.1 Å². The molecule has 2 amide bonds. The van der Waals surface area contributed by atoms with Crippen molar-refractivity contribution in [3.05, 3.63) is 0 Å². The number of likely N-dealkylation sites (tertiary alicyclic amines) is 1. The molecule has 3 rings (SSSR count). The molecule has 7 nitrogen and oxygen atoms in total. The quantitative estimate of drug-likeness (QED) is 0.750. The van der Waals surface area contributed by atoms with Gasteiger partial charge in [-0.3, -0.25) is 9.59 Å². The van der Waals surface area contributed by atoms with Crippen molar-refractivity contribution in [2.24, 2.45) is 17.3 Å². The van der Waals surface area contributed by atoms with E-state index in [0.717, 1.165) is 45.2 Å². The highest BCUT2D eigenvalue weighted by atomic mass is 19.4. The first-order valence-electron chi connectivity index (χ1n) is 9.88. The first-order chi connectivity index (χ1) is 13.3. The number of alkyl halides is 3. The van der Waals surface area contributed by atoms with Crippen LogP contribution in [-0.2, 0) is 14.4 Å². The number of rotatable bonds is 3. The minimum atomic E-state index is -5.08. The zero-order chi connectivity index (χ0) is 22.0. The SMILES string of the molecule is CC(C)C(=O)N1CCN(CC2CC2)CC2(CC(=O)N(C)C2)C1.O=C(O)C(F)(F)F. The van der Waals surface area contributed by atoms with Crippen LogP contribution in [0.25, 0.3) is 0 Å². The summed E-state index contributed by atoms with van der Waals surface area (Å²) in [5.74, 6) is -1.42. The van der Waals surface area contributed by atoms with Gasteiger partial charge >= 0.3 is 12.1 Å². The van der Waals surface area contributed by atoms with Crippen LogP contribution in [0.4, 0.5) is 13.2 Å². The van der Waals surface area contributed by atoms with Crippen molar-refractivity contribution in [2.45, 2.75) is 39.3 Å². The van der Waals surface area contributed by atoms with E-state index in [0.29, 0.717) is 6.42 Å². The number of carbonyl (C=O) groups is 3. The maximum atomic E-state index is 12.5. The Balaban J connectivity index is 0.000000370. The smallest absolute Gasteiger partial charge is 0.475 e. The van der Waals surface area contributed by atoms with Gasteiger partial charge in [-0.2, -0.15) is 13.2 Å². The molecule has 1 atom stereocenters. The number of aliphatic carboxylic acids is 1. The third-order valence-electron chi connectivity index (χ3n) is 5.56. The average molecular weight is 421 g/mol. The Morgan fingerprint density at radius 1 is 1.17 bits per heavy atom. The number of carbonyl (C=O) groups excluding carboxylic acids is 2. The van der Waals surface area contributed by atoms with Crippen LogP contribution in [0.3, 0.4) is 0 Å². The van der Waals surface area contributed by atoms with Gasteiger partial charge in [0.15, 0.2) is 0 Å². The zero-order valence-electron chi connectivity index (χ0n) is 17.2. The van der Waals surface area contributed by atoms with Crippen molar-refractivity contribution < 1.29 is 32.7 Å². The highest BCUT2D eigenvalue weighted by Crippen LogP contribution is 2.37. The summed E-state index contributed by atoms with van der Waals surface area (Å²) in [6, 6.07) is 0. The van der Waals surface area contributed by atoms with E-state index in [1.165, 1.54) is 12.8 Å². The lowest BCUT2D eigenvalue weighted by Gasteiger charge is -2.34. The minimum Gasteiger partial charge on any atom is -0.475 e. The van der Waals surface area contributed by atoms with E-state index in [9.17, 15) is 22.8 Å². The van der Waals surface area contributed by atoms with Gasteiger partial charge in [0.25, 0.3) is 0 Å². The van der Waals surface area contributed by atoms with Gasteiger partial charge in [-0.15, -0.1) is 0 Å². The second-order valence-corrected chi connectivity index (χ2v) is 8.82. The van der Waals surface area contributed by atoms with Crippen molar-refractivity contribution in [3.63, 3.8) is 0 Å². The summed E-state index contributed by atoms with van der Waals surface area (Å²) in [6.07, 6.45) is -1.81. The Morgan fingerprint density at radius 3 is 2.17 bits per heavy atom. The fourth-order valence-electron chi connectivity index (χ4n) is 4.04. The summed E-state index contributed by atoms with van der Waals surface area (Å²) >= 11 is 0. The van der Waals surface area contributed by atoms with Crippen LogP contribution in [-0.4, -0.2) is 90.1 Å². The number of carboxylic acid groups (broad SMARTS) is 1. The third kappa shape index (κ3) is 6.58. The van der Waals surface area contributed by atoms with Crippen LogP contribution in [0.1, 0.15) is 33.1 Å². The molecule has 0 aromatic carbocycles. The summed E-state index contributed by atoms with van der Waals surface area (Å²) in [5.41, 5.74) is -0.0677. The topological polar surface area (TPSA) is 81.2 Å². The second-order valence-electron chi connectivity index (χ2n) is 8.82. The summed E-state index contributed by atoms with van der Waals surface area (Å²) < 4.78 is 31.7. The molecule has 2 heterocycles. The summed E-state index contributed by atoms with van der Waals surface area (Å²) in [4.78, 5) is 39.9. The van der Waals surface area contributed by atoms with Crippen molar-refractivity contribution in [1.82, 2.24) is 14.7 Å². The standard InChI is InChI=1S/C17H29N3O2.C2HF3O2/c1-13(2)16(22)20-7-6-19(9-14-4-5-14)11-17(12-20)8-15(21)18(3)10-17;3-2(4,5)1(6)7/h13-14H,4-12H2,1-3H3;(H,6,7). The van der Waals surface area contributed by atoms with Crippen molar-refractivity contribution in [1.29, 1.82) is 0 Å². The fraction of sp³-hybridized carbons (Fsp3) is 0.842. The van der Waals surface area contributed by atoms with E-state index in [-0.39, 0.29) is 23.1 Å².